The number of carbonyl (C=O) groups is 1. The minimum atomic E-state index is -1.11. The molecule has 96 valence electrons. The van der Waals surface area contributed by atoms with E-state index >= 15 is 0 Å². The second kappa shape index (κ2) is 8.47. The molecule has 0 aliphatic rings. The second-order valence-electron chi connectivity index (χ2n) is 4.09. The van der Waals surface area contributed by atoms with Gasteiger partial charge in [0, 0.05) is 10.8 Å². The molecule has 4 nitrogen and oxygen atoms in total. The third-order valence-electron chi connectivity index (χ3n) is 1.54. The average molecular weight is 513 g/mol. The van der Waals surface area contributed by atoms with E-state index in [-0.39, 0.29) is 10.7 Å². The van der Waals surface area contributed by atoms with E-state index in [4.69, 9.17) is 4.74 Å². The van der Waals surface area contributed by atoms with Crippen LogP contribution in [-0.4, -0.2) is 21.5 Å². The van der Waals surface area contributed by atoms with Crippen molar-refractivity contribution in [1.29, 1.82) is 0 Å². The van der Waals surface area contributed by atoms with Crippen LogP contribution in [0.2, 0.25) is 0 Å². The van der Waals surface area contributed by atoms with Gasteiger partial charge in [-0.25, -0.2) is 9.00 Å². The van der Waals surface area contributed by atoms with Crippen LogP contribution in [-0.2, 0) is 20.5 Å². The molecule has 0 amide bonds. The number of hydrogen-bond acceptors (Lipinski definition) is 3. The van der Waals surface area contributed by atoms with Gasteiger partial charge in [0.05, 0.1) is 17.6 Å². The molecule has 6 heteroatoms. The summed E-state index contributed by atoms with van der Waals surface area (Å²) >= 11 is 0. The third-order valence-corrected chi connectivity index (χ3v) is 3.03. The van der Waals surface area contributed by atoms with Crippen LogP contribution in [0.3, 0.4) is 0 Å². The van der Waals surface area contributed by atoms with Crippen LogP contribution in [0, 0.1) is 6.54 Å². The van der Waals surface area contributed by atoms with Crippen molar-refractivity contribution in [2.24, 2.45) is 0 Å². The molecule has 0 fully saturated rings. The van der Waals surface area contributed by atoms with Gasteiger partial charge in [-0.3, -0.25) is 6.54 Å². The molecule has 1 atom stereocenters. The summed E-state index contributed by atoms with van der Waals surface area (Å²) in [5, 5.41) is 0. The number of esters is 1. The molecule has 17 heavy (non-hydrogen) atoms. The molecular weight excluding hydrogens is 493 g/mol. The Bertz CT molecular complexity index is 274. The van der Waals surface area contributed by atoms with E-state index in [1.165, 1.54) is 6.08 Å². The van der Waals surface area contributed by atoms with Crippen LogP contribution < -0.4 is 4.72 Å². The van der Waals surface area contributed by atoms with Gasteiger partial charge in [0.25, 0.3) is 0 Å². The number of ether oxygens (including phenoxy) is 1. The molecule has 0 heterocycles. The zero-order chi connectivity index (χ0) is 12.6. The zero-order valence-corrected chi connectivity index (χ0v) is 18.2. The number of rotatable bonds is 6. The molecular formula is C11H20NO3RfS-. The second-order valence-corrected chi connectivity index (χ2v) is 6.09. The van der Waals surface area contributed by atoms with Crippen molar-refractivity contribution in [2.45, 2.75) is 38.9 Å². The quantitative estimate of drug-likeness (QED) is 0.255. The Morgan fingerprint density at radius 1 is 1.47 bits per heavy atom. The topological polar surface area (TPSA) is 55.4 Å². The van der Waals surface area contributed by atoms with Crippen molar-refractivity contribution in [1.82, 2.24) is 4.72 Å². The maximum atomic E-state index is 11.5. The number of carbonyl (C=O) groups excluding carboxylic acids is 1. The van der Waals surface area contributed by atoms with Gasteiger partial charge < -0.3 is 9.46 Å². The van der Waals surface area contributed by atoms with Crippen molar-refractivity contribution < 1.29 is 13.7 Å². The summed E-state index contributed by atoms with van der Waals surface area (Å²) in [5.41, 5.74) is 0. The monoisotopic (exact) mass is 513 g/mol. The summed E-state index contributed by atoms with van der Waals surface area (Å²) in [6.45, 7) is 9.46. The van der Waals surface area contributed by atoms with Gasteiger partial charge in [0.2, 0.25) is 0 Å². The van der Waals surface area contributed by atoms with Crippen LogP contribution in [0.1, 0.15) is 34.1 Å². The van der Waals surface area contributed by atoms with Gasteiger partial charge in [-0.2, -0.15) is 0 Å². The molecule has 0 saturated heterocycles. The minimum Gasteiger partial charge on any atom is -0.463 e. The van der Waals surface area contributed by atoms with Crippen LogP contribution in [0.5, 0.6) is 0 Å². The van der Waals surface area contributed by atoms with E-state index in [0.717, 1.165) is 0 Å². The molecule has 0 unspecified atom stereocenters. The third kappa shape index (κ3) is 9.26. The van der Waals surface area contributed by atoms with Crippen LogP contribution in [0.4, 0.5) is 0 Å². The Morgan fingerprint density at radius 3 is 2.53 bits per heavy atom. The standard InChI is InChI=1S/C11H20NO3S.Rf/c1-5-15-10(13)8-6-7-9-12-16(14)11(2,3)4;/h6,8-9,12H,5,7H2,1-4H3;/q-1;/b8-6+;/t16-;/m0./s1. The maximum Gasteiger partial charge on any atom is 0.330 e. The van der Waals surface area contributed by atoms with Crippen molar-refractivity contribution in [3.05, 3.63) is 18.7 Å². The van der Waals surface area contributed by atoms with Crippen LogP contribution in [0.15, 0.2) is 12.2 Å². The molecule has 0 spiro atoms. The van der Waals surface area contributed by atoms with E-state index in [9.17, 15) is 9.00 Å². The molecule has 0 saturated carbocycles. The summed E-state index contributed by atoms with van der Waals surface area (Å²) in [5.74, 6) is -0.354. The van der Waals surface area contributed by atoms with Crippen molar-refractivity contribution >= 4 is 17.0 Å². The van der Waals surface area contributed by atoms with E-state index in [0.29, 0.717) is 13.0 Å². The summed E-state index contributed by atoms with van der Waals surface area (Å²) in [6, 6.07) is 0. The van der Waals surface area contributed by atoms with E-state index in [1.807, 2.05) is 20.8 Å². The Kier molecular flexibility index (Phi) is 8.82. The largest absolute Gasteiger partial charge is 0.463 e. The Morgan fingerprint density at radius 2 is 2.06 bits per heavy atom. The van der Waals surface area contributed by atoms with E-state index in [1.54, 1.807) is 19.5 Å². The zero-order valence-electron chi connectivity index (χ0n) is 11.0. The molecule has 0 aromatic carbocycles. The first-order valence-electron chi connectivity index (χ1n) is 5.21. The smallest absolute Gasteiger partial charge is 0.330 e. The van der Waals surface area contributed by atoms with Gasteiger partial charge in [-0.15, -0.1) is 12.5 Å². The molecule has 0 radical (unpaired) electrons. The number of hydrogen-bond donors (Lipinski definition) is 1. The van der Waals surface area contributed by atoms with Crippen molar-refractivity contribution in [3.63, 3.8) is 0 Å². The fourth-order valence-corrected chi connectivity index (χ4v) is 1.32. The van der Waals surface area contributed by atoms with Gasteiger partial charge in [-0.1, -0.05) is 0 Å². The first kappa shape index (κ1) is 17.7. The molecule has 0 bridgehead atoms. The van der Waals surface area contributed by atoms with E-state index in [2.05, 4.69) is 4.72 Å². The Hall–Kier alpha value is -1.68. The maximum absolute atomic E-state index is 11.5. The van der Waals surface area contributed by atoms with Gasteiger partial charge in [0.1, 0.15) is 0 Å². The predicted octanol–water partition coefficient (Wildman–Crippen LogP) is 1.71. The normalized spacial score (nSPS) is 13.2. The molecule has 0 aromatic rings. The average Bonchev–Trinajstić information content (AvgIpc) is 2.16. The number of nitrogens with one attached hydrogen (secondary N) is 1. The summed E-state index contributed by atoms with van der Waals surface area (Å²) in [6.07, 6.45) is 3.55. The molecule has 1 N–H and O–H groups in total. The summed E-state index contributed by atoms with van der Waals surface area (Å²) in [7, 11) is -1.11. The summed E-state index contributed by atoms with van der Waals surface area (Å²) < 4.78 is 18.7. The summed E-state index contributed by atoms with van der Waals surface area (Å²) in [4.78, 5) is 10.9. The Balaban J connectivity index is 0. The van der Waals surface area contributed by atoms with Gasteiger partial charge >= 0.3 is 5.97 Å². The SMILES string of the molecule is CCOC(=O)/C=C/C[CH-]N[S@@](=O)C(C)(C)C.[Rf]. The predicted molar refractivity (Wildman–Crippen MR) is 65.7 cm³/mol. The van der Waals surface area contributed by atoms with Gasteiger partial charge in [-0.05, 0) is 27.7 Å². The van der Waals surface area contributed by atoms with Gasteiger partial charge in [0.15, 0.2) is 0 Å². The molecule has 0 aliphatic carbocycles. The first-order chi connectivity index (χ1) is 7.38. The fourth-order valence-electron chi connectivity index (χ4n) is 0.723. The first-order valence-corrected chi connectivity index (χ1v) is 6.36. The Labute approximate surface area is 100 Å². The van der Waals surface area contributed by atoms with Crippen LogP contribution in [0.25, 0.3) is 0 Å². The van der Waals surface area contributed by atoms with Crippen LogP contribution >= 0.6 is 0 Å². The van der Waals surface area contributed by atoms with E-state index < -0.39 is 11.0 Å². The molecule has 0 aromatic heterocycles. The molecule has 0 aliphatic heterocycles. The fraction of sp³-hybridized carbons (Fsp3) is 0.636. The van der Waals surface area contributed by atoms with Crippen molar-refractivity contribution in [2.75, 3.05) is 6.61 Å². The van der Waals surface area contributed by atoms with Crippen molar-refractivity contribution in [3.8, 4) is 0 Å². The molecule has 0 rings (SSSR count). The minimum absolute atomic E-state index is 0.